The van der Waals surface area contributed by atoms with E-state index in [-0.39, 0.29) is 0 Å². The highest BCUT2D eigenvalue weighted by atomic mass is 32.1. The number of nitrogens with zero attached hydrogens (tertiary/aromatic N) is 3. The molecular formula is C51H29N3OS2. The molecule has 4 heterocycles. The summed E-state index contributed by atoms with van der Waals surface area (Å²) in [6, 6.07) is 61.9. The minimum Gasteiger partial charge on any atom is -0.456 e. The summed E-state index contributed by atoms with van der Waals surface area (Å²) in [5.41, 5.74) is 9.16. The third kappa shape index (κ3) is 5.22. The molecule has 0 N–H and O–H groups in total. The normalized spacial score (nSPS) is 11.9. The van der Waals surface area contributed by atoms with Crippen molar-refractivity contribution in [3.8, 4) is 56.4 Å². The van der Waals surface area contributed by atoms with Crippen LogP contribution in [0.5, 0.6) is 0 Å². The zero-order chi connectivity index (χ0) is 37.5. The molecule has 12 rings (SSSR count). The van der Waals surface area contributed by atoms with Crippen molar-refractivity contribution in [3.63, 3.8) is 0 Å². The van der Waals surface area contributed by atoms with Crippen LogP contribution in [-0.4, -0.2) is 15.0 Å². The average Bonchev–Trinajstić information content (AvgIpc) is 3.98. The molecular weight excluding hydrogens is 735 g/mol. The van der Waals surface area contributed by atoms with Crippen molar-refractivity contribution >= 4 is 85.0 Å². The lowest BCUT2D eigenvalue weighted by Gasteiger charge is -2.10. The smallest absolute Gasteiger partial charge is 0.164 e. The van der Waals surface area contributed by atoms with Crippen LogP contribution < -0.4 is 0 Å². The summed E-state index contributed by atoms with van der Waals surface area (Å²) in [7, 11) is 0. The molecule has 4 nitrogen and oxygen atoms in total. The van der Waals surface area contributed by atoms with Gasteiger partial charge in [0.05, 0.1) is 0 Å². The molecule has 0 atom stereocenters. The summed E-state index contributed by atoms with van der Waals surface area (Å²) >= 11 is 3.75. The van der Waals surface area contributed by atoms with E-state index in [1.54, 1.807) is 0 Å². The first-order valence-corrected chi connectivity index (χ1v) is 20.6. The number of aromatic nitrogens is 3. The number of furan rings is 1. The fourth-order valence-corrected chi connectivity index (χ4v) is 10.7. The van der Waals surface area contributed by atoms with Crippen LogP contribution >= 0.6 is 22.7 Å². The first-order valence-electron chi connectivity index (χ1n) is 18.9. The minimum absolute atomic E-state index is 0.606. The largest absolute Gasteiger partial charge is 0.456 e. The maximum Gasteiger partial charge on any atom is 0.164 e. The molecule has 57 heavy (non-hydrogen) atoms. The standard InChI is InChI=1S/C51H29N3OS2/c1-3-13-30(14-4-1)49-52-50(31-15-5-2-6-16-31)54-51(53-49)39-21-12-22-42-46(39)38-26-25-32(29-43(38)55-42)33-27-40-35-18-8-10-24-45(35)57-48(40)41(28-33)37-20-11-19-36-34-17-7-9-23-44(34)56-47(36)37/h1-29H. The van der Waals surface area contributed by atoms with Crippen LogP contribution in [0.25, 0.3) is 119 Å². The van der Waals surface area contributed by atoms with Crippen LogP contribution in [0.3, 0.4) is 0 Å². The summed E-state index contributed by atoms with van der Waals surface area (Å²) in [5, 5.41) is 7.16. The lowest BCUT2D eigenvalue weighted by atomic mass is 9.94. The predicted octanol–water partition coefficient (Wildman–Crippen LogP) is 14.8. The van der Waals surface area contributed by atoms with Crippen LogP contribution in [0.4, 0.5) is 0 Å². The Kier molecular flexibility index (Phi) is 7.24. The second-order valence-electron chi connectivity index (χ2n) is 14.3. The molecule has 12 aromatic rings. The molecule has 6 heteroatoms. The monoisotopic (exact) mass is 763 g/mol. The third-order valence-corrected chi connectivity index (χ3v) is 13.4. The Morgan fingerprint density at radius 1 is 0.333 bits per heavy atom. The van der Waals surface area contributed by atoms with Crippen LogP contribution in [0.1, 0.15) is 0 Å². The quantitative estimate of drug-likeness (QED) is 0.175. The topological polar surface area (TPSA) is 51.8 Å². The van der Waals surface area contributed by atoms with Gasteiger partial charge in [0.2, 0.25) is 0 Å². The van der Waals surface area contributed by atoms with Gasteiger partial charge in [0.25, 0.3) is 0 Å². The van der Waals surface area contributed by atoms with Gasteiger partial charge < -0.3 is 4.42 Å². The number of rotatable bonds is 5. The van der Waals surface area contributed by atoms with Gasteiger partial charge in [0.15, 0.2) is 17.5 Å². The highest BCUT2D eigenvalue weighted by Gasteiger charge is 2.20. The van der Waals surface area contributed by atoms with Crippen LogP contribution in [-0.2, 0) is 0 Å². The van der Waals surface area contributed by atoms with Gasteiger partial charge >= 0.3 is 0 Å². The Morgan fingerprint density at radius 3 is 1.63 bits per heavy atom. The molecule has 0 bridgehead atoms. The summed E-state index contributed by atoms with van der Waals surface area (Å²) < 4.78 is 11.9. The lowest BCUT2D eigenvalue weighted by Crippen LogP contribution is -2.00. The first kappa shape index (κ1) is 32.3. The number of fused-ring (bicyclic) bond motifs is 9. The summed E-state index contributed by atoms with van der Waals surface area (Å²) in [6.07, 6.45) is 0. The Labute approximate surface area is 335 Å². The maximum absolute atomic E-state index is 6.69. The lowest BCUT2D eigenvalue weighted by molar-refractivity contribution is 0.669. The van der Waals surface area contributed by atoms with Crippen molar-refractivity contribution < 1.29 is 4.42 Å². The number of benzene rings is 8. The Balaban J connectivity index is 1.05. The molecule has 8 aromatic carbocycles. The maximum atomic E-state index is 6.69. The van der Waals surface area contributed by atoms with Gasteiger partial charge in [-0.2, -0.15) is 0 Å². The van der Waals surface area contributed by atoms with Gasteiger partial charge in [-0.05, 0) is 53.6 Å². The molecule has 4 aromatic heterocycles. The van der Waals surface area contributed by atoms with Gasteiger partial charge in [-0.3, -0.25) is 0 Å². The van der Waals surface area contributed by atoms with E-state index in [9.17, 15) is 0 Å². The van der Waals surface area contributed by atoms with Crippen molar-refractivity contribution in [2.45, 2.75) is 0 Å². The predicted molar refractivity (Wildman–Crippen MR) is 240 cm³/mol. The highest BCUT2D eigenvalue weighted by molar-refractivity contribution is 7.27. The first-order chi connectivity index (χ1) is 28.2. The molecule has 266 valence electrons. The van der Waals surface area contributed by atoms with Crippen molar-refractivity contribution in [1.29, 1.82) is 0 Å². The van der Waals surface area contributed by atoms with Crippen molar-refractivity contribution in [3.05, 3.63) is 176 Å². The minimum atomic E-state index is 0.606. The molecule has 0 spiro atoms. The fourth-order valence-electron chi connectivity index (χ4n) is 8.27. The van der Waals surface area contributed by atoms with Gasteiger partial charge in [0.1, 0.15) is 11.2 Å². The summed E-state index contributed by atoms with van der Waals surface area (Å²) in [5.74, 6) is 1.87. The molecule has 0 aliphatic heterocycles. The molecule has 0 aliphatic rings. The van der Waals surface area contributed by atoms with Crippen LogP contribution in [0.15, 0.2) is 180 Å². The number of hydrogen-bond donors (Lipinski definition) is 0. The zero-order valence-electron chi connectivity index (χ0n) is 30.3. The molecule has 0 saturated heterocycles. The van der Waals surface area contributed by atoms with Crippen LogP contribution in [0, 0.1) is 0 Å². The van der Waals surface area contributed by atoms with Crippen LogP contribution in [0.2, 0.25) is 0 Å². The molecule has 0 saturated carbocycles. The van der Waals surface area contributed by atoms with E-state index in [0.29, 0.717) is 17.5 Å². The molecule has 0 amide bonds. The second kappa shape index (κ2) is 12.8. The van der Waals surface area contributed by atoms with Gasteiger partial charge in [-0.25, -0.2) is 15.0 Å². The third-order valence-electron chi connectivity index (χ3n) is 10.9. The second-order valence-corrected chi connectivity index (χ2v) is 16.4. The fraction of sp³-hybridized carbons (Fsp3) is 0. The summed E-state index contributed by atoms with van der Waals surface area (Å²) in [4.78, 5) is 15.0. The Morgan fingerprint density at radius 2 is 0.912 bits per heavy atom. The van der Waals surface area contributed by atoms with Gasteiger partial charge in [0, 0.05) is 78.9 Å². The van der Waals surface area contributed by atoms with E-state index in [2.05, 4.69) is 103 Å². The van der Waals surface area contributed by atoms with E-state index in [1.807, 2.05) is 95.5 Å². The van der Waals surface area contributed by atoms with Crippen molar-refractivity contribution in [1.82, 2.24) is 15.0 Å². The Bertz CT molecular complexity index is 3470. The Hall–Kier alpha value is -6.99. The summed E-state index contributed by atoms with van der Waals surface area (Å²) in [6.45, 7) is 0. The molecule has 0 fully saturated rings. The van der Waals surface area contributed by atoms with E-state index >= 15 is 0 Å². The van der Waals surface area contributed by atoms with Crippen molar-refractivity contribution in [2.24, 2.45) is 0 Å². The van der Waals surface area contributed by atoms with E-state index < -0.39 is 0 Å². The molecule has 0 radical (unpaired) electrons. The van der Waals surface area contributed by atoms with Crippen molar-refractivity contribution in [2.75, 3.05) is 0 Å². The average molecular weight is 764 g/mol. The van der Waals surface area contributed by atoms with E-state index in [1.165, 1.54) is 51.5 Å². The molecule has 0 aliphatic carbocycles. The van der Waals surface area contributed by atoms with E-state index in [0.717, 1.165) is 49.8 Å². The highest BCUT2D eigenvalue weighted by Crippen LogP contribution is 2.47. The van der Waals surface area contributed by atoms with Gasteiger partial charge in [-0.15, -0.1) is 22.7 Å². The number of thiophene rings is 2. The van der Waals surface area contributed by atoms with Gasteiger partial charge in [-0.1, -0.05) is 133 Å². The zero-order valence-corrected chi connectivity index (χ0v) is 31.9. The number of hydrogen-bond acceptors (Lipinski definition) is 6. The van der Waals surface area contributed by atoms with E-state index in [4.69, 9.17) is 19.4 Å². The molecule has 0 unspecified atom stereocenters. The SMILES string of the molecule is c1ccc(-c2nc(-c3ccccc3)nc(-c3cccc4oc5cc(-c6cc(-c7cccc8c7sc7ccccc78)c7sc8ccccc8c7c6)ccc5c34)n2)cc1.